The van der Waals surface area contributed by atoms with Gasteiger partial charge in [0, 0.05) is 5.56 Å². The third-order valence-corrected chi connectivity index (χ3v) is 3.93. The fourth-order valence-corrected chi connectivity index (χ4v) is 2.35. The summed E-state index contributed by atoms with van der Waals surface area (Å²) in [5.74, 6) is -1.79. The van der Waals surface area contributed by atoms with Gasteiger partial charge in [0.05, 0.1) is 12.0 Å². The lowest BCUT2D eigenvalue weighted by molar-refractivity contribution is -0.139. The number of nitrogens with one attached hydrogen (secondary N) is 2. The van der Waals surface area contributed by atoms with Gasteiger partial charge in [0.2, 0.25) is 10.0 Å². The molecule has 0 bridgehead atoms. The number of hydrogen-bond acceptors (Lipinski definition) is 5. The van der Waals surface area contributed by atoms with Crippen LogP contribution in [0, 0.1) is 0 Å². The fraction of sp³-hybridized carbons (Fsp3) is 0.333. The summed E-state index contributed by atoms with van der Waals surface area (Å²) in [5.41, 5.74) is -0.138. The number of amides is 1. The number of sulfonamides is 1. The lowest BCUT2D eigenvalue weighted by atomic mass is 10.2. The van der Waals surface area contributed by atoms with Crippen molar-refractivity contribution >= 4 is 21.9 Å². The maximum absolute atomic E-state index is 12.0. The molecule has 1 rings (SSSR count). The molecule has 0 saturated heterocycles. The highest BCUT2D eigenvalue weighted by atomic mass is 32.2. The Morgan fingerprint density at radius 2 is 1.74 bits per heavy atom. The molecule has 0 aliphatic heterocycles. The van der Waals surface area contributed by atoms with Gasteiger partial charge in [-0.3, -0.25) is 9.59 Å². The molecule has 0 fully saturated rings. The van der Waals surface area contributed by atoms with E-state index in [1.807, 2.05) is 4.72 Å². The maximum atomic E-state index is 12.0. The summed E-state index contributed by atoms with van der Waals surface area (Å²) in [6, 6.07) is 4.17. The largest absolute Gasteiger partial charge is 0.468 e. The summed E-state index contributed by atoms with van der Waals surface area (Å²) in [4.78, 5) is 22.1. The molecule has 1 aromatic carbocycles. The van der Waals surface area contributed by atoms with Gasteiger partial charge in [-0.25, -0.2) is 8.42 Å². The molecule has 128 valence electrons. The standard InChI is InChI=1S/C12H13F3N2O5S/c1-22-10(18)6-17-23(20,21)9-4-2-8(3-5-9)11(19)16-7-12(13,14)15/h2-5,17H,6-7H2,1H3,(H,16,19). The predicted octanol–water partition coefficient (Wildman–Crippen LogP) is 0.430. The molecule has 0 heterocycles. The minimum absolute atomic E-state index is 0.138. The summed E-state index contributed by atoms with van der Waals surface area (Å²) in [7, 11) is -2.92. The zero-order valence-corrected chi connectivity index (χ0v) is 12.6. The number of hydrogen-bond donors (Lipinski definition) is 2. The molecule has 0 radical (unpaired) electrons. The van der Waals surface area contributed by atoms with Crippen molar-refractivity contribution < 1.29 is 35.9 Å². The van der Waals surface area contributed by atoms with E-state index in [0.29, 0.717) is 0 Å². The topological polar surface area (TPSA) is 102 Å². The fourth-order valence-electron chi connectivity index (χ4n) is 1.38. The van der Waals surface area contributed by atoms with Crippen LogP contribution in [0.5, 0.6) is 0 Å². The maximum Gasteiger partial charge on any atom is 0.405 e. The third-order valence-electron chi connectivity index (χ3n) is 2.51. The molecule has 0 spiro atoms. The Morgan fingerprint density at radius 1 is 1.17 bits per heavy atom. The van der Waals surface area contributed by atoms with Gasteiger partial charge in [0.25, 0.3) is 5.91 Å². The highest BCUT2D eigenvalue weighted by Gasteiger charge is 2.28. The van der Waals surface area contributed by atoms with Crippen molar-refractivity contribution in [2.45, 2.75) is 11.1 Å². The second kappa shape index (κ2) is 7.42. The van der Waals surface area contributed by atoms with E-state index in [-0.39, 0.29) is 10.5 Å². The van der Waals surface area contributed by atoms with Crippen molar-refractivity contribution in [2.24, 2.45) is 0 Å². The Bertz CT molecular complexity index is 671. The van der Waals surface area contributed by atoms with Crippen molar-refractivity contribution in [2.75, 3.05) is 20.2 Å². The van der Waals surface area contributed by atoms with Crippen LogP contribution in [0.3, 0.4) is 0 Å². The number of esters is 1. The lowest BCUT2D eigenvalue weighted by Crippen LogP contribution is -2.33. The van der Waals surface area contributed by atoms with Crippen molar-refractivity contribution in [3.63, 3.8) is 0 Å². The molecule has 0 atom stereocenters. The first-order valence-corrected chi connectivity index (χ1v) is 7.55. The van der Waals surface area contributed by atoms with Crippen molar-refractivity contribution in [3.05, 3.63) is 29.8 Å². The molecule has 7 nitrogen and oxygen atoms in total. The molecule has 1 amide bonds. The molecule has 0 unspecified atom stereocenters. The lowest BCUT2D eigenvalue weighted by Gasteiger charge is -2.09. The molecular weight excluding hydrogens is 341 g/mol. The molecule has 2 N–H and O–H groups in total. The first-order chi connectivity index (χ1) is 10.5. The van der Waals surface area contributed by atoms with Gasteiger partial charge in [-0.1, -0.05) is 0 Å². The number of ether oxygens (including phenoxy) is 1. The van der Waals surface area contributed by atoms with Crippen molar-refractivity contribution in [1.82, 2.24) is 10.0 Å². The number of halogens is 3. The highest BCUT2D eigenvalue weighted by molar-refractivity contribution is 7.89. The Kier molecular flexibility index (Phi) is 6.10. The molecule has 11 heteroatoms. The zero-order chi connectivity index (χ0) is 17.7. The first kappa shape index (κ1) is 18.9. The molecule has 0 aromatic heterocycles. The van der Waals surface area contributed by atoms with Crippen LogP contribution in [-0.2, 0) is 19.6 Å². The van der Waals surface area contributed by atoms with Gasteiger partial charge in [-0.05, 0) is 24.3 Å². The van der Waals surface area contributed by atoms with Crippen LogP contribution in [0.15, 0.2) is 29.2 Å². The number of methoxy groups -OCH3 is 1. The second-order valence-corrected chi connectivity index (χ2v) is 5.99. The summed E-state index contributed by atoms with van der Waals surface area (Å²) in [5, 5.41) is 1.65. The number of carbonyl (C=O) groups excluding carboxylic acids is 2. The number of carbonyl (C=O) groups is 2. The van der Waals surface area contributed by atoms with Gasteiger partial charge in [0.1, 0.15) is 13.1 Å². The normalized spacial score (nSPS) is 11.8. The molecule has 23 heavy (non-hydrogen) atoms. The average molecular weight is 354 g/mol. The summed E-state index contributed by atoms with van der Waals surface area (Å²) in [6.07, 6.45) is -4.54. The van der Waals surface area contributed by atoms with Gasteiger partial charge in [-0.2, -0.15) is 17.9 Å². The molecular formula is C12H13F3N2O5S. The first-order valence-electron chi connectivity index (χ1n) is 6.06. The zero-order valence-electron chi connectivity index (χ0n) is 11.8. The van der Waals surface area contributed by atoms with E-state index in [2.05, 4.69) is 4.74 Å². The van der Waals surface area contributed by atoms with Crippen molar-refractivity contribution in [1.29, 1.82) is 0 Å². The van der Waals surface area contributed by atoms with E-state index in [9.17, 15) is 31.2 Å². The van der Waals surface area contributed by atoms with Crippen molar-refractivity contribution in [3.8, 4) is 0 Å². The Hall–Kier alpha value is -2.14. The SMILES string of the molecule is COC(=O)CNS(=O)(=O)c1ccc(C(=O)NCC(F)(F)F)cc1. The number of rotatable bonds is 6. The molecule has 0 saturated carbocycles. The number of alkyl halides is 3. The van der Waals surface area contributed by atoms with Crippen LogP contribution in [0.25, 0.3) is 0 Å². The summed E-state index contributed by atoms with van der Waals surface area (Å²) < 4.78 is 65.9. The van der Waals surface area contributed by atoms with Crippen LogP contribution in [0.1, 0.15) is 10.4 Å². The van der Waals surface area contributed by atoms with Gasteiger partial charge in [-0.15, -0.1) is 0 Å². The minimum Gasteiger partial charge on any atom is -0.468 e. The van der Waals surface area contributed by atoms with Crippen LogP contribution in [0.2, 0.25) is 0 Å². The highest BCUT2D eigenvalue weighted by Crippen LogP contribution is 2.14. The Labute approximate surface area is 129 Å². The second-order valence-electron chi connectivity index (χ2n) is 4.22. The van der Waals surface area contributed by atoms with Gasteiger partial charge < -0.3 is 10.1 Å². The van der Waals surface area contributed by atoms with Gasteiger partial charge >= 0.3 is 12.1 Å². The van der Waals surface area contributed by atoms with Crippen LogP contribution in [0.4, 0.5) is 13.2 Å². The van der Waals surface area contributed by atoms with E-state index in [0.717, 1.165) is 31.4 Å². The van der Waals surface area contributed by atoms with E-state index in [4.69, 9.17) is 0 Å². The van der Waals surface area contributed by atoms with E-state index >= 15 is 0 Å². The van der Waals surface area contributed by atoms with Crippen LogP contribution >= 0.6 is 0 Å². The summed E-state index contributed by atoms with van der Waals surface area (Å²) in [6.45, 7) is -2.07. The number of benzene rings is 1. The van der Waals surface area contributed by atoms with Gasteiger partial charge in [0.15, 0.2) is 0 Å². The van der Waals surface area contributed by atoms with E-state index in [1.54, 1.807) is 5.32 Å². The minimum atomic E-state index is -4.54. The molecule has 0 aliphatic rings. The molecule has 0 aliphatic carbocycles. The Morgan fingerprint density at radius 3 is 2.22 bits per heavy atom. The quantitative estimate of drug-likeness (QED) is 0.722. The Balaban J connectivity index is 2.76. The van der Waals surface area contributed by atoms with E-state index in [1.165, 1.54) is 0 Å². The monoisotopic (exact) mass is 354 g/mol. The summed E-state index contributed by atoms with van der Waals surface area (Å²) >= 11 is 0. The van der Waals surface area contributed by atoms with Crippen LogP contribution in [-0.4, -0.2) is 46.7 Å². The van der Waals surface area contributed by atoms with E-state index < -0.39 is 41.2 Å². The smallest absolute Gasteiger partial charge is 0.405 e. The third kappa shape index (κ3) is 6.24. The predicted molar refractivity (Wildman–Crippen MR) is 72.0 cm³/mol. The average Bonchev–Trinajstić information content (AvgIpc) is 2.49. The van der Waals surface area contributed by atoms with Crippen LogP contribution < -0.4 is 10.0 Å². The molecule has 1 aromatic rings.